The van der Waals surface area contributed by atoms with Crippen molar-refractivity contribution in [2.45, 2.75) is 39.7 Å². The van der Waals surface area contributed by atoms with Gasteiger partial charge in [0.15, 0.2) is 0 Å². The Labute approximate surface area is 118 Å². The zero-order valence-electron chi connectivity index (χ0n) is 12.3. The quantitative estimate of drug-likeness (QED) is 0.846. The lowest BCUT2D eigenvalue weighted by molar-refractivity contribution is -0.120. The summed E-state index contributed by atoms with van der Waals surface area (Å²) in [6.07, 6.45) is -0.0579. The summed E-state index contributed by atoms with van der Waals surface area (Å²) in [4.78, 5) is 22.8. The number of carbonyl (C=O) groups is 2. The molecule has 1 aromatic heterocycles. The third-order valence-electron chi connectivity index (χ3n) is 2.16. The second-order valence-electron chi connectivity index (χ2n) is 5.39. The molecule has 1 heterocycles. The zero-order chi connectivity index (χ0) is 15.2. The lowest BCUT2D eigenvalue weighted by Crippen LogP contribution is -2.40. The number of rotatable bonds is 5. The third-order valence-corrected chi connectivity index (χ3v) is 2.16. The Hall–Kier alpha value is -2.05. The van der Waals surface area contributed by atoms with Crippen molar-refractivity contribution < 1.29 is 18.8 Å². The lowest BCUT2D eigenvalue weighted by atomic mass is 10.2. The predicted molar refractivity (Wildman–Crippen MR) is 72.2 cm³/mol. The van der Waals surface area contributed by atoms with Crippen molar-refractivity contribution in [2.24, 2.45) is 0 Å². The Morgan fingerprint density at radius 1 is 1.35 bits per heavy atom. The van der Waals surface area contributed by atoms with Gasteiger partial charge in [-0.2, -0.15) is 0 Å². The van der Waals surface area contributed by atoms with Gasteiger partial charge < -0.3 is 19.9 Å². The van der Waals surface area contributed by atoms with Crippen LogP contribution in [-0.4, -0.2) is 35.8 Å². The van der Waals surface area contributed by atoms with Crippen LogP contribution in [0.25, 0.3) is 0 Å². The zero-order valence-corrected chi connectivity index (χ0v) is 12.3. The predicted octanol–water partition coefficient (Wildman–Crippen LogP) is 1.17. The molecule has 0 atom stereocenters. The molecule has 0 aliphatic heterocycles. The van der Waals surface area contributed by atoms with E-state index < -0.39 is 11.7 Å². The van der Waals surface area contributed by atoms with Crippen molar-refractivity contribution in [3.8, 4) is 0 Å². The number of nitrogens with one attached hydrogen (secondary N) is 2. The number of hydrogen-bond donors (Lipinski definition) is 2. The van der Waals surface area contributed by atoms with E-state index in [2.05, 4.69) is 15.8 Å². The third kappa shape index (κ3) is 6.77. The molecule has 7 heteroatoms. The molecule has 0 saturated carbocycles. The maximum Gasteiger partial charge on any atom is 0.408 e. The number of amides is 2. The number of aryl methyl sites for hydroxylation is 1. The van der Waals surface area contributed by atoms with Crippen LogP contribution in [0.4, 0.5) is 4.79 Å². The van der Waals surface area contributed by atoms with Gasteiger partial charge in [-0.3, -0.25) is 4.79 Å². The smallest absolute Gasteiger partial charge is 0.408 e. The van der Waals surface area contributed by atoms with Crippen LogP contribution in [0.15, 0.2) is 10.6 Å². The Morgan fingerprint density at radius 3 is 2.60 bits per heavy atom. The molecule has 0 aromatic carbocycles. The van der Waals surface area contributed by atoms with Gasteiger partial charge in [-0.05, 0) is 27.7 Å². The minimum atomic E-state index is -0.612. The molecule has 7 nitrogen and oxygen atoms in total. The van der Waals surface area contributed by atoms with E-state index in [1.165, 1.54) is 0 Å². The highest BCUT2D eigenvalue weighted by Gasteiger charge is 2.16. The number of hydrogen-bond acceptors (Lipinski definition) is 5. The lowest BCUT2D eigenvalue weighted by Gasteiger charge is -2.19. The highest BCUT2D eigenvalue weighted by molar-refractivity contribution is 5.82. The van der Waals surface area contributed by atoms with E-state index in [0.29, 0.717) is 18.7 Å². The largest absolute Gasteiger partial charge is 0.444 e. The van der Waals surface area contributed by atoms with E-state index in [9.17, 15) is 9.59 Å². The minimum absolute atomic E-state index is 0.121. The van der Waals surface area contributed by atoms with Crippen molar-refractivity contribution >= 4 is 12.0 Å². The molecule has 1 aromatic rings. The number of alkyl carbamates (subject to hydrolysis) is 1. The summed E-state index contributed by atoms with van der Waals surface area (Å²) in [5.41, 5.74) is 0.225. The summed E-state index contributed by atoms with van der Waals surface area (Å²) in [7, 11) is 0. The first-order valence-electron chi connectivity index (χ1n) is 6.42. The van der Waals surface area contributed by atoms with E-state index in [4.69, 9.17) is 9.26 Å². The highest BCUT2D eigenvalue weighted by atomic mass is 16.6. The van der Waals surface area contributed by atoms with Crippen LogP contribution in [0.2, 0.25) is 0 Å². The molecule has 0 unspecified atom stereocenters. The fraction of sp³-hybridized carbons (Fsp3) is 0.615. The van der Waals surface area contributed by atoms with E-state index in [1.54, 1.807) is 20.8 Å². The average molecular weight is 283 g/mol. The summed E-state index contributed by atoms with van der Waals surface area (Å²) in [5, 5.41) is 8.79. The normalized spacial score (nSPS) is 11.0. The van der Waals surface area contributed by atoms with Gasteiger partial charge in [0.05, 0.1) is 12.2 Å². The second-order valence-corrected chi connectivity index (χ2v) is 5.39. The first-order valence-corrected chi connectivity index (χ1v) is 6.42. The standard InChI is InChI=1S/C13H21N3O4/c1-9-7-10(20-16-9)5-6-14-11(17)8-15-12(18)19-13(2,3)4/h7H,5-6,8H2,1-4H3,(H,14,17)(H,15,18). The van der Waals surface area contributed by atoms with Gasteiger partial charge in [0, 0.05) is 19.0 Å². The molecule has 2 amide bonds. The van der Waals surface area contributed by atoms with Crippen LogP contribution >= 0.6 is 0 Å². The molecule has 2 N–H and O–H groups in total. The van der Waals surface area contributed by atoms with Crippen LogP contribution < -0.4 is 10.6 Å². The Bertz CT molecular complexity index is 462. The van der Waals surface area contributed by atoms with Crippen LogP contribution in [0.3, 0.4) is 0 Å². The first-order chi connectivity index (χ1) is 9.26. The molecule has 20 heavy (non-hydrogen) atoms. The number of nitrogens with zero attached hydrogens (tertiary/aromatic N) is 1. The van der Waals surface area contributed by atoms with Crippen LogP contribution in [0.5, 0.6) is 0 Å². The molecular formula is C13H21N3O4. The number of aromatic nitrogens is 1. The van der Waals surface area contributed by atoms with Gasteiger partial charge in [-0.15, -0.1) is 0 Å². The Balaban J connectivity index is 2.16. The van der Waals surface area contributed by atoms with Crippen LogP contribution in [0, 0.1) is 6.92 Å². The maximum absolute atomic E-state index is 11.5. The Kier molecular flexibility index (Phi) is 5.54. The van der Waals surface area contributed by atoms with Crippen molar-refractivity contribution in [1.29, 1.82) is 0 Å². The summed E-state index contributed by atoms with van der Waals surface area (Å²) < 4.78 is 10.0. The van der Waals surface area contributed by atoms with Crippen LogP contribution in [0.1, 0.15) is 32.2 Å². The van der Waals surface area contributed by atoms with Crippen molar-refractivity contribution in [3.05, 3.63) is 17.5 Å². The molecule has 0 bridgehead atoms. The summed E-state index contributed by atoms with van der Waals surface area (Å²) in [6.45, 7) is 7.40. The van der Waals surface area contributed by atoms with Gasteiger partial charge in [-0.25, -0.2) is 4.79 Å². The molecule has 0 fully saturated rings. The van der Waals surface area contributed by atoms with Gasteiger partial charge in [0.1, 0.15) is 11.4 Å². The fourth-order valence-electron chi connectivity index (χ4n) is 1.39. The van der Waals surface area contributed by atoms with E-state index >= 15 is 0 Å². The van der Waals surface area contributed by atoms with Gasteiger partial charge in [0.2, 0.25) is 5.91 Å². The molecule has 0 saturated heterocycles. The van der Waals surface area contributed by atoms with Crippen molar-refractivity contribution in [2.75, 3.05) is 13.1 Å². The molecule has 0 aliphatic carbocycles. The molecule has 112 valence electrons. The van der Waals surface area contributed by atoms with Crippen molar-refractivity contribution in [3.63, 3.8) is 0 Å². The maximum atomic E-state index is 11.5. The number of ether oxygens (including phenoxy) is 1. The van der Waals surface area contributed by atoms with E-state index in [0.717, 1.165) is 5.69 Å². The van der Waals surface area contributed by atoms with E-state index in [-0.39, 0.29) is 12.5 Å². The molecular weight excluding hydrogens is 262 g/mol. The highest BCUT2D eigenvalue weighted by Crippen LogP contribution is 2.06. The molecule has 0 spiro atoms. The van der Waals surface area contributed by atoms with Gasteiger partial charge >= 0.3 is 6.09 Å². The van der Waals surface area contributed by atoms with Crippen LogP contribution in [-0.2, 0) is 16.0 Å². The minimum Gasteiger partial charge on any atom is -0.444 e. The fourth-order valence-corrected chi connectivity index (χ4v) is 1.39. The molecule has 1 rings (SSSR count). The summed E-state index contributed by atoms with van der Waals surface area (Å²) in [5.74, 6) is 0.426. The van der Waals surface area contributed by atoms with Crippen molar-refractivity contribution in [1.82, 2.24) is 15.8 Å². The SMILES string of the molecule is Cc1cc(CCNC(=O)CNC(=O)OC(C)(C)C)on1. The summed E-state index contributed by atoms with van der Waals surface area (Å²) >= 11 is 0. The topological polar surface area (TPSA) is 93.5 Å². The van der Waals surface area contributed by atoms with E-state index in [1.807, 2.05) is 13.0 Å². The number of carbonyl (C=O) groups excluding carboxylic acids is 2. The Morgan fingerprint density at radius 2 is 2.05 bits per heavy atom. The molecule has 0 radical (unpaired) electrons. The second kappa shape index (κ2) is 6.93. The monoisotopic (exact) mass is 283 g/mol. The summed E-state index contributed by atoms with van der Waals surface area (Å²) in [6, 6.07) is 1.81. The first kappa shape index (κ1) is 16.0. The molecule has 0 aliphatic rings. The van der Waals surface area contributed by atoms with Gasteiger partial charge in [-0.1, -0.05) is 5.16 Å². The van der Waals surface area contributed by atoms with Gasteiger partial charge in [0.25, 0.3) is 0 Å². The average Bonchev–Trinajstić information content (AvgIpc) is 2.70.